The minimum absolute atomic E-state index is 0.0759. The molecule has 1 N–H and O–H groups in total. The highest BCUT2D eigenvalue weighted by Gasteiger charge is 2.42. The van der Waals surface area contributed by atoms with E-state index >= 15 is 0 Å². The van der Waals surface area contributed by atoms with Gasteiger partial charge in [0.25, 0.3) is 11.5 Å². The summed E-state index contributed by atoms with van der Waals surface area (Å²) in [6, 6.07) is 9.55. The van der Waals surface area contributed by atoms with Gasteiger partial charge in [-0.05, 0) is 25.0 Å². The number of amides is 2. The molecule has 1 fully saturated rings. The second-order valence-corrected chi connectivity index (χ2v) is 7.01. The predicted molar refractivity (Wildman–Crippen MR) is 100 cm³/mol. The monoisotopic (exact) mass is 407 g/mol. The summed E-state index contributed by atoms with van der Waals surface area (Å²) in [6.45, 7) is 0.255. The van der Waals surface area contributed by atoms with Crippen LogP contribution in [0.1, 0.15) is 22.5 Å². The Bertz CT molecular complexity index is 986. The number of nitrogens with zero attached hydrogens (tertiary/aromatic N) is 2. The number of rotatable bonds is 4. The van der Waals surface area contributed by atoms with Gasteiger partial charge in [-0.1, -0.05) is 30.3 Å². The fourth-order valence-corrected chi connectivity index (χ4v) is 3.49. The summed E-state index contributed by atoms with van der Waals surface area (Å²) in [5, 5.41) is 0. The quantitative estimate of drug-likeness (QED) is 0.847. The van der Waals surface area contributed by atoms with Gasteiger partial charge in [-0.2, -0.15) is 13.2 Å². The minimum Gasteiger partial charge on any atom is -0.332 e. The molecule has 1 aromatic carbocycles. The number of halogens is 3. The maximum absolute atomic E-state index is 12.9. The van der Waals surface area contributed by atoms with E-state index in [9.17, 15) is 27.6 Å². The van der Waals surface area contributed by atoms with Gasteiger partial charge in [0.05, 0.1) is 0 Å². The number of aryl methyl sites for hydroxylation is 1. The normalized spacial score (nSPS) is 16.9. The van der Waals surface area contributed by atoms with Crippen molar-refractivity contribution < 1.29 is 22.8 Å². The Morgan fingerprint density at radius 3 is 2.52 bits per heavy atom. The maximum Gasteiger partial charge on any atom is 0.406 e. The number of likely N-dealkylation sites (tertiary alicyclic amines) is 1. The molecule has 2 amide bonds. The molecule has 1 saturated heterocycles. The first-order valence-corrected chi connectivity index (χ1v) is 9.00. The molecule has 1 aliphatic heterocycles. The predicted octanol–water partition coefficient (Wildman–Crippen LogP) is 2.59. The van der Waals surface area contributed by atoms with Crippen LogP contribution in [0.2, 0.25) is 0 Å². The molecule has 1 unspecified atom stereocenters. The lowest BCUT2D eigenvalue weighted by Gasteiger charge is -2.24. The second kappa shape index (κ2) is 7.73. The summed E-state index contributed by atoms with van der Waals surface area (Å²) < 4.78 is 37.8. The number of nitrogens with one attached hydrogen (secondary N) is 1. The van der Waals surface area contributed by atoms with Gasteiger partial charge in [-0.3, -0.25) is 14.4 Å². The van der Waals surface area contributed by atoms with E-state index in [0.717, 1.165) is 10.5 Å². The summed E-state index contributed by atoms with van der Waals surface area (Å²) in [4.78, 5) is 42.0. The van der Waals surface area contributed by atoms with Crippen LogP contribution in [0.15, 0.2) is 41.2 Å². The van der Waals surface area contributed by atoms with Gasteiger partial charge in [0, 0.05) is 24.8 Å². The van der Waals surface area contributed by atoms with Gasteiger partial charge in [-0.25, -0.2) is 0 Å². The molecule has 3 rings (SSSR count). The van der Waals surface area contributed by atoms with Crippen molar-refractivity contribution >= 4 is 11.8 Å². The lowest BCUT2D eigenvalue weighted by Crippen LogP contribution is -2.45. The molecule has 29 heavy (non-hydrogen) atoms. The minimum atomic E-state index is -4.51. The largest absolute Gasteiger partial charge is 0.406 e. The molecule has 1 aliphatic rings. The number of alkyl halides is 3. The highest BCUT2D eigenvalue weighted by Crippen LogP contribution is 2.25. The average Bonchev–Trinajstić information content (AvgIpc) is 3.00. The zero-order valence-electron chi connectivity index (χ0n) is 15.9. The van der Waals surface area contributed by atoms with Crippen LogP contribution >= 0.6 is 0 Å². The first-order valence-electron chi connectivity index (χ1n) is 9.00. The maximum atomic E-state index is 12.9. The van der Waals surface area contributed by atoms with E-state index in [-0.39, 0.29) is 18.5 Å². The molecule has 0 saturated carbocycles. The zero-order valence-corrected chi connectivity index (χ0v) is 15.9. The number of aromatic amines is 1. The zero-order chi connectivity index (χ0) is 21.3. The van der Waals surface area contributed by atoms with Crippen LogP contribution in [0, 0.1) is 6.92 Å². The first kappa shape index (κ1) is 20.6. The highest BCUT2D eigenvalue weighted by molar-refractivity contribution is 5.98. The van der Waals surface area contributed by atoms with E-state index < -0.39 is 36.1 Å². The number of H-pyrrole nitrogens is 1. The van der Waals surface area contributed by atoms with Crippen molar-refractivity contribution in [2.24, 2.45) is 0 Å². The lowest BCUT2D eigenvalue weighted by molar-refractivity contribution is -0.158. The Labute approximate surface area is 164 Å². The van der Waals surface area contributed by atoms with E-state index in [1.807, 2.05) is 30.3 Å². The van der Waals surface area contributed by atoms with E-state index in [2.05, 4.69) is 4.98 Å². The van der Waals surface area contributed by atoms with Crippen LogP contribution < -0.4 is 5.56 Å². The van der Waals surface area contributed by atoms with Crippen molar-refractivity contribution in [1.29, 1.82) is 0 Å². The average molecular weight is 407 g/mol. The number of hydrogen-bond donors (Lipinski definition) is 1. The van der Waals surface area contributed by atoms with E-state index in [1.165, 1.54) is 13.1 Å². The van der Waals surface area contributed by atoms with Crippen molar-refractivity contribution in [3.05, 3.63) is 58.0 Å². The Balaban J connectivity index is 1.87. The van der Waals surface area contributed by atoms with Gasteiger partial charge >= 0.3 is 6.18 Å². The number of benzene rings is 1. The molecule has 1 atom stereocenters. The van der Waals surface area contributed by atoms with E-state index in [4.69, 9.17) is 0 Å². The molecule has 0 aliphatic carbocycles. The highest BCUT2D eigenvalue weighted by atomic mass is 19.4. The standard InChI is InChI=1S/C20H20F3N3O3/c1-12-14(13-6-4-3-5-7-13)10-15(17(27)24-12)18(28)25(2)16-8-9-26(19(16)29)11-20(21,22)23/h3-7,10,16H,8-9,11H2,1-2H3,(H,24,27). The number of pyridine rings is 1. The molecular weight excluding hydrogens is 387 g/mol. The third-order valence-corrected chi connectivity index (χ3v) is 4.98. The Hall–Kier alpha value is -3.10. The van der Waals surface area contributed by atoms with Crippen LogP contribution in [0.5, 0.6) is 0 Å². The Morgan fingerprint density at radius 2 is 1.90 bits per heavy atom. The number of carbonyl (C=O) groups is 2. The smallest absolute Gasteiger partial charge is 0.332 e. The van der Waals surface area contributed by atoms with Crippen LogP contribution in [-0.4, -0.2) is 59.0 Å². The molecule has 0 bridgehead atoms. The summed E-state index contributed by atoms with van der Waals surface area (Å²) in [6.07, 6.45) is -4.43. The van der Waals surface area contributed by atoms with Gasteiger partial charge in [0.2, 0.25) is 5.91 Å². The molecule has 0 spiro atoms. The fraction of sp³-hybridized carbons (Fsp3) is 0.350. The van der Waals surface area contributed by atoms with E-state index in [0.29, 0.717) is 16.2 Å². The Kier molecular flexibility index (Phi) is 5.50. The van der Waals surface area contributed by atoms with Crippen molar-refractivity contribution in [2.45, 2.75) is 25.6 Å². The Morgan fingerprint density at radius 1 is 1.24 bits per heavy atom. The van der Waals surface area contributed by atoms with Crippen molar-refractivity contribution in [2.75, 3.05) is 20.1 Å². The third-order valence-electron chi connectivity index (χ3n) is 4.98. The van der Waals surface area contributed by atoms with Gasteiger partial charge in [-0.15, -0.1) is 0 Å². The fourth-order valence-electron chi connectivity index (χ4n) is 3.49. The molecule has 1 aromatic heterocycles. The number of hydrogen-bond acceptors (Lipinski definition) is 3. The molecule has 154 valence electrons. The molecule has 2 heterocycles. The van der Waals surface area contributed by atoms with Crippen LogP contribution in [-0.2, 0) is 4.79 Å². The van der Waals surface area contributed by atoms with Crippen molar-refractivity contribution in [1.82, 2.24) is 14.8 Å². The number of aromatic nitrogens is 1. The topological polar surface area (TPSA) is 73.5 Å². The van der Waals surface area contributed by atoms with Gasteiger partial charge in [0.15, 0.2) is 0 Å². The SMILES string of the molecule is Cc1[nH]c(=O)c(C(=O)N(C)C2CCN(CC(F)(F)F)C2=O)cc1-c1ccccc1. The molecular formula is C20H20F3N3O3. The van der Waals surface area contributed by atoms with Crippen LogP contribution in [0.3, 0.4) is 0 Å². The first-order chi connectivity index (χ1) is 13.6. The second-order valence-electron chi connectivity index (χ2n) is 7.01. The number of carbonyl (C=O) groups excluding carboxylic acids is 2. The summed E-state index contributed by atoms with van der Waals surface area (Å²) in [5.74, 6) is -1.49. The van der Waals surface area contributed by atoms with Crippen LogP contribution in [0.25, 0.3) is 11.1 Å². The van der Waals surface area contributed by atoms with Crippen molar-refractivity contribution in [3.63, 3.8) is 0 Å². The van der Waals surface area contributed by atoms with E-state index in [1.54, 1.807) is 6.92 Å². The van der Waals surface area contributed by atoms with Gasteiger partial charge < -0.3 is 14.8 Å². The summed E-state index contributed by atoms with van der Waals surface area (Å²) in [5.41, 5.74) is 1.24. The van der Waals surface area contributed by atoms with Crippen molar-refractivity contribution in [3.8, 4) is 11.1 Å². The van der Waals surface area contributed by atoms with Crippen LogP contribution in [0.4, 0.5) is 13.2 Å². The molecule has 9 heteroatoms. The number of likely N-dealkylation sites (N-methyl/N-ethyl adjacent to an activating group) is 1. The lowest BCUT2D eigenvalue weighted by atomic mass is 10.0. The van der Waals surface area contributed by atoms with Gasteiger partial charge in [0.1, 0.15) is 18.2 Å². The molecule has 2 aromatic rings. The molecule has 6 nitrogen and oxygen atoms in total. The summed E-state index contributed by atoms with van der Waals surface area (Å²) >= 11 is 0. The third kappa shape index (κ3) is 4.33. The molecule has 0 radical (unpaired) electrons. The summed E-state index contributed by atoms with van der Waals surface area (Å²) in [7, 11) is 1.32.